The zero-order chi connectivity index (χ0) is 13.6. The Morgan fingerprint density at radius 2 is 2.06 bits per heavy atom. The summed E-state index contributed by atoms with van der Waals surface area (Å²) in [5.74, 6) is 0. The quantitative estimate of drug-likeness (QED) is 0.751. The maximum atomic E-state index is 8.92. The minimum atomic E-state index is -0.208. The summed E-state index contributed by atoms with van der Waals surface area (Å²) in [4.78, 5) is 0. The van der Waals surface area contributed by atoms with Crippen molar-refractivity contribution in [2.45, 2.75) is 40.0 Å². The maximum Gasteiger partial charge on any atom is 0.0683 e. The van der Waals surface area contributed by atoms with Crippen LogP contribution in [0.15, 0.2) is 18.2 Å². The molecule has 18 heavy (non-hydrogen) atoms. The number of unbranched alkanes of at least 4 members (excludes halogenated alkanes) is 1. The van der Waals surface area contributed by atoms with Crippen LogP contribution in [-0.4, -0.2) is 6.54 Å². The average Bonchev–Trinajstić information content (AvgIpc) is 2.32. The minimum absolute atomic E-state index is 0.208. The van der Waals surface area contributed by atoms with Crippen LogP contribution in [0.1, 0.15) is 38.7 Å². The Labute approximate surface area is 115 Å². The lowest BCUT2D eigenvalue weighted by Gasteiger charge is -2.15. The number of hydrogen-bond donors (Lipinski definition) is 1. The summed E-state index contributed by atoms with van der Waals surface area (Å²) in [6.45, 7) is 6.91. The molecule has 0 atom stereocenters. The van der Waals surface area contributed by atoms with Gasteiger partial charge >= 0.3 is 0 Å². The predicted octanol–water partition coefficient (Wildman–Crippen LogP) is 4.78. The van der Waals surface area contributed by atoms with Crippen LogP contribution in [0.3, 0.4) is 0 Å². The normalized spacial score (nSPS) is 11.1. The Bertz CT molecular complexity index is 412. The van der Waals surface area contributed by atoms with E-state index in [2.05, 4.69) is 11.4 Å². The van der Waals surface area contributed by atoms with Gasteiger partial charge in [0.05, 0.1) is 22.2 Å². The summed E-state index contributed by atoms with van der Waals surface area (Å²) in [5, 5.41) is 13.1. The van der Waals surface area contributed by atoms with Crippen molar-refractivity contribution in [3.8, 4) is 6.07 Å². The Hall–Kier alpha value is -1.20. The summed E-state index contributed by atoms with van der Waals surface area (Å²) < 4.78 is 0. The molecule has 0 aliphatic heterocycles. The summed E-state index contributed by atoms with van der Waals surface area (Å²) in [5.41, 5.74) is 1.99. The number of para-hydroxylation sites is 1. The Kier molecular flexibility index (Phi) is 5.50. The van der Waals surface area contributed by atoms with E-state index in [0.717, 1.165) is 36.5 Å². The minimum Gasteiger partial charge on any atom is -0.384 e. The van der Waals surface area contributed by atoms with Crippen molar-refractivity contribution in [3.05, 3.63) is 28.8 Å². The number of rotatable bonds is 6. The van der Waals surface area contributed by atoms with Crippen molar-refractivity contribution in [2.75, 3.05) is 11.9 Å². The zero-order valence-corrected chi connectivity index (χ0v) is 12.1. The third-order valence-corrected chi connectivity index (χ3v) is 3.37. The van der Waals surface area contributed by atoms with Crippen molar-refractivity contribution in [3.63, 3.8) is 0 Å². The first-order chi connectivity index (χ1) is 8.46. The fourth-order valence-electron chi connectivity index (χ4n) is 1.82. The van der Waals surface area contributed by atoms with Gasteiger partial charge in [-0.15, -0.1) is 0 Å². The third-order valence-electron chi connectivity index (χ3n) is 3.05. The number of hydrogen-bond acceptors (Lipinski definition) is 2. The molecule has 0 fully saturated rings. The SMILES string of the molecule is Cc1cccc(Cl)c1NCCCCC(C)(C)C#N. The van der Waals surface area contributed by atoms with Gasteiger partial charge in [-0.3, -0.25) is 0 Å². The molecular formula is C15H21ClN2. The lowest BCUT2D eigenvalue weighted by molar-refractivity contribution is 0.430. The van der Waals surface area contributed by atoms with Gasteiger partial charge in [0.2, 0.25) is 0 Å². The first kappa shape index (κ1) is 14.9. The van der Waals surface area contributed by atoms with E-state index in [4.69, 9.17) is 16.9 Å². The Morgan fingerprint density at radius 1 is 1.33 bits per heavy atom. The highest BCUT2D eigenvalue weighted by Crippen LogP contribution is 2.26. The molecule has 0 aromatic heterocycles. The maximum absolute atomic E-state index is 8.92. The lowest BCUT2D eigenvalue weighted by Crippen LogP contribution is -2.09. The van der Waals surface area contributed by atoms with Gasteiger partial charge in [0.1, 0.15) is 0 Å². The molecule has 1 rings (SSSR count). The summed E-state index contributed by atoms with van der Waals surface area (Å²) in [6.07, 6.45) is 3.04. The molecule has 98 valence electrons. The second kappa shape index (κ2) is 6.66. The van der Waals surface area contributed by atoms with Gasteiger partial charge in [0.25, 0.3) is 0 Å². The van der Waals surface area contributed by atoms with E-state index in [9.17, 15) is 0 Å². The molecule has 0 aliphatic carbocycles. The number of nitrogens with zero attached hydrogens (tertiary/aromatic N) is 1. The molecule has 0 aliphatic rings. The second-order valence-electron chi connectivity index (χ2n) is 5.31. The highest BCUT2D eigenvalue weighted by molar-refractivity contribution is 6.33. The molecule has 0 spiro atoms. The monoisotopic (exact) mass is 264 g/mol. The average molecular weight is 265 g/mol. The van der Waals surface area contributed by atoms with E-state index >= 15 is 0 Å². The van der Waals surface area contributed by atoms with E-state index in [-0.39, 0.29) is 5.41 Å². The van der Waals surface area contributed by atoms with Gasteiger partial charge in [0, 0.05) is 6.54 Å². The van der Waals surface area contributed by atoms with Gasteiger partial charge in [-0.2, -0.15) is 5.26 Å². The van der Waals surface area contributed by atoms with E-state index in [1.807, 2.05) is 39.0 Å². The topological polar surface area (TPSA) is 35.8 Å². The Balaban J connectivity index is 2.33. The van der Waals surface area contributed by atoms with Crippen molar-refractivity contribution < 1.29 is 0 Å². The second-order valence-corrected chi connectivity index (χ2v) is 5.72. The van der Waals surface area contributed by atoms with Crippen LogP contribution >= 0.6 is 11.6 Å². The first-order valence-corrected chi connectivity index (χ1v) is 6.74. The molecule has 3 heteroatoms. The molecule has 1 N–H and O–H groups in total. The van der Waals surface area contributed by atoms with E-state index in [1.54, 1.807) is 0 Å². The predicted molar refractivity (Wildman–Crippen MR) is 77.9 cm³/mol. The van der Waals surface area contributed by atoms with Crippen molar-refractivity contribution in [2.24, 2.45) is 5.41 Å². The van der Waals surface area contributed by atoms with Gasteiger partial charge in [-0.1, -0.05) is 30.2 Å². The summed E-state index contributed by atoms with van der Waals surface area (Å²) >= 11 is 6.13. The molecule has 1 aromatic rings. The molecule has 0 bridgehead atoms. The van der Waals surface area contributed by atoms with Crippen molar-refractivity contribution in [1.29, 1.82) is 5.26 Å². The number of nitrogens with one attached hydrogen (secondary N) is 1. The third kappa shape index (κ3) is 4.58. The lowest BCUT2D eigenvalue weighted by atomic mass is 9.89. The fourth-order valence-corrected chi connectivity index (χ4v) is 2.11. The Morgan fingerprint density at radius 3 is 2.67 bits per heavy atom. The highest BCUT2D eigenvalue weighted by atomic mass is 35.5. The fraction of sp³-hybridized carbons (Fsp3) is 0.533. The van der Waals surface area contributed by atoms with Crippen LogP contribution in [0.2, 0.25) is 5.02 Å². The largest absolute Gasteiger partial charge is 0.384 e. The molecule has 0 amide bonds. The molecule has 2 nitrogen and oxygen atoms in total. The number of nitriles is 1. The van der Waals surface area contributed by atoms with Crippen LogP contribution in [0.5, 0.6) is 0 Å². The zero-order valence-electron chi connectivity index (χ0n) is 11.4. The van der Waals surface area contributed by atoms with E-state index in [1.165, 1.54) is 5.56 Å². The molecule has 0 unspecified atom stereocenters. The first-order valence-electron chi connectivity index (χ1n) is 6.36. The van der Waals surface area contributed by atoms with Crippen LogP contribution in [-0.2, 0) is 0 Å². The van der Waals surface area contributed by atoms with Crippen LogP contribution < -0.4 is 5.32 Å². The number of halogens is 1. The molecule has 0 saturated heterocycles. The van der Waals surface area contributed by atoms with Gasteiger partial charge in [0.15, 0.2) is 0 Å². The van der Waals surface area contributed by atoms with Gasteiger partial charge in [-0.05, 0) is 45.2 Å². The molecular weight excluding hydrogens is 244 g/mol. The molecule has 0 saturated carbocycles. The number of aryl methyl sites for hydroxylation is 1. The van der Waals surface area contributed by atoms with E-state index in [0.29, 0.717) is 0 Å². The number of anilines is 1. The summed E-state index contributed by atoms with van der Waals surface area (Å²) in [7, 11) is 0. The van der Waals surface area contributed by atoms with Crippen LogP contribution in [0, 0.1) is 23.7 Å². The molecule has 0 heterocycles. The van der Waals surface area contributed by atoms with Gasteiger partial charge in [-0.25, -0.2) is 0 Å². The molecule has 1 aromatic carbocycles. The molecule has 0 radical (unpaired) electrons. The van der Waals surface area contributed by atoms with Gasteiger partial charge < -0.3 is 5.32 Å². The van der Waals surface area contributed by atoms with Crippen LogP contribution in [0.4, 0.5) is 5.69 Å². The highest BCUT2D eigenvalue weighted by Gasteiger charge is 2.15. The summed E-state index contributed by atoms with van der Waals surface area (Å²) in [6, 6.07) is 8.23. The van der Waals surface area contributed by atoms with Crippen molar-refractivity contribution in [1.82, 2.24) is 0 Å². The standard InChI is InChI=1S/C15H21ClN2/c1-12-7-6-8-13(16)14(12)18-10-5-4-9-15(2,3)11-17/h6-8,18H,4-5,9-10H2,1-3H3. The smallest absolute Gasteiger partial charge is 0.0683 e. The van der Waals surface area contributed by atoms with E-state index < -0.39 is 0 Å². The van der Waals surface area contributed by atoms with Crippen LogP contribution in [0.25, 0.3) is 0 Å². The number of benzene rings is 1. The van der Waals surface area contributed by atoms with Crippen molar-refractivity contribution >= 4 is 17.3 Å².